The topological polar surface area (TPSA) is 66.5 Å². The first kappa shape index (κ1) is 15.6. The Morgan fingerprint density at radius 3 is 2.37 bits per heavy atom. The summed E-state index contributed by atoms with van der Waals surface area (Å²) >= 11 is 0. The molecule has 1 heterocycles. The van der Waals surface area contributed by atoms with Crippen molar-refractivity contribution in [2.24, 2.45) is 35.5 Å². The van der Waals surface area contributed by atoms with Gasteiger partial charge in [-0.25, -0.2) is 0 Å². The third-order valence-corrected chi connectivity index (χ3v) is 7.44. The second-order valence-corrected chi connectivity index (χ2v) is 8.80. The van der Waals surface area contributed by atoms with Gasteiger partial charge in [-0.3, -0.25) is 19.3 Å². The van der Waals surface area contributed by atoms with Crippen molar-refractivity contribution in [1.82, 2.24) is 4.90 Å². The molecule has 27 heavy (non-hydrogen) atoms. The molecule has 5 aliphatic carbocycles. The molecule has 0 spiro atoms. The Balaban J connectivity index is 1.19. The first-order chi connectivity index (χ1) is 13.1. The van der Waals surface area contributed by atoms with E-state index in [1.807, 2.05) is 12.1 Å². The van der Waals surface area contributed by atoms with Gasteiger partial charge in [0.2, 0.25) is 17.7 Å². The second-order valence-electron chi connectivity index (χ2n) is 8.80. The van der Waals surface area contributed by atoms with Gasteiger partial charge in [0.1, 0.15) is 6.54 Å². The van der Waals surface area contributed by atoms with Crippen LogP contribution >= 0.6 is 0 Å². The van der Waals surface area contributed by atoms with Crippen LogP contribution in [0.25, 0.3) is 0 Å². The third kappa shape index (κ3) is 2.14. The van der Waals surface area contributed by atoms with E-state index in [1.54, 1.807) is 0 Å². The van der Waals surface area contributed by atoms with Crippen LogP contribution in [0.15, 0.2) is 30.4 Å². The Bertz CT molecular complexity index is 884. The number of carbonyl (C=O) groups is 3. The number of likely N-dealkylation sites (tertiary alicyclic amines) is 1. The summed E-state index contributed by atoms with van der Waals surface area (Å²) in [5.74, 6) is 0.526. The molecule has 5 nitrogen and oxygen atoms in total. The number of hydrogen-bond donors (Lipinski definition) is 1. The Labute approximate surface area is 157 Å². The molecule has 5 heteroatoms. The molecular formula is C22H22N2O3. The number of fused-ring (bicyclic) bond motifs is 1. The van der Waals surface area contributed by atoms with E-state index in [2.05, 4.69) is 23.5 Å². The van der Waals surface area contributed by atoms with Gasteiger partial charge in [0.25, 0.3) is 0 Å². The van der Waals surface area contributed by atoms with Crippen molar-refractivity contribution in [2.75, 3.05) is 11.9 Å². The number of anilines is 1. The predicted molar refractivity (Wildman–Crippen MR) is 98.5 cm³/mol. The van der Waals surface area contributed by atoms with Crippen LogP contribution in [0.5, 0.6) is 0 Å². The molecule has 6 aliphatic rings. The fourth-order valence-corrected chi connectivity index (χ4v) is 6.17. The zero-order valence-corrected chi connectivity index (χ0v) is 15.1. The minimum absolute atomic E-state index is 0.140. The van der Waals surface area contributed by atoms with E-state index in [0.717, 1.165) is 31.4 Å². The highest BCUT2D eigenvalue weighted by Crippen LogP contribution is 2.65. The Morgan fingerprint density at radius 2 is 1.67 bits per heavy atom. The van der Waals surface area contributed by atoms with E-state index in [1.165, 1.54) is 16.0 Å². The van der Waals surface area contributed by atoms with Gasteiger partial charge >= 0.3 is 0 Å². The zero-order chi connectivity index (χ0) is 18.3. The molecule has 3 amide bonds. The highest BCUT2D eigenvalue weighted by Gasteiger charge is 2.67. The summed E-state index contributed by atoms with van der Waals surface area (Å²) in [5, 5.41) is 2.88. The SMILES string of the molecule is O=C(CN1C(=O)[C@@H]2[C@H]3C=C[C@@H]([C@@H]4C[C@H]34)[C@@H]2C1=O)Nc1ccc2c(c1)CCC2. The van der Waals surface area contributed by atoms with Crippen molar-refractivity contribution >= 4 is 23.4 Å². The first-order valence-corrected chi connectivity index (χ1v) is 10.1. The molecule has 1 aliphatic heterocycles. The van der Waals surface area contributed by atoms with Crippen LogP contribution in [0.3, 0.4) is 0 Å². The largest absolute Gasteiger partial charge is 0.325 e. The maximum atomic E-state index is 12.9. The van der Waals surface area contributed by atoms with Crippen LogP contribution < -0.4 is 5.32 Å². The van der Waals surface area contributed by atoms with Gasteiger partial charge in [0.05, 0.1) is 11.8 Å². The Hall–Kier alpha value is -2.43. The van der Waals surface area contributed by atoms with Gasteiger partial charge in [-0.1, -0.05) is 18.2 Å². The quantitative estimate of drug-likeness (QED) is 0.662. The van der Waals surface area contributed by atoms with Gasteiger partial charge in [-0.2, -0.15) is 0 Å². The lowest BCUT2D eigenvalue weighted by Gasteiger charge is -2.37. The van der Waals surface area contributed by atoms with E-state index < -0.39 is 0 Å². The molecule has 0 radical (unpaired) electrons. The van der Waals surface area contributed by atoms with Gasteiger partial charge in [-0.15, -0.1) is 0 Å². The lowest BCUT2D eigenvalue weighted by atomic mass is 9.63. The van der Waals surface area contributed by atoms with Crippen LogP contribution in [-0.2, 0) is 27.2 Å². The molecule has 3 fully saturated rings. The van der Waals surface area contributed by atoms with Gasteiger partial charge in [0, 0.05) is 5.69 Å². The third-order valence-electron chi connectivity index (χ3n) is 7.44. The Morgan fingerprint density at radius 1 is 1.00 bits per heavy atom. The fourth-order valence-electron chi connectivity index (χ4n) is 6.17. The predicted octanol–water partition coefficient (Wildman–Crippen LogP) is 2.17. The summed E-state index contributed by atoms with van der Waals surface area (Å²) in [4.78, 5) is 39.6. The number of benzene rings is 1. The molecule has 0 aromatic heterocycles. The average Bonchev–Trinajstić information content (AvgIpc) is 3.31. The van der Waals surface area contributed by atoms with Crippen LogP contribution in [0.2, 0.25) is 0 Å². The van der Waals surface area contributed by atoms with Crippen molar-refractivity contribution in [1.29, 1.82) is 0 Å². The molecule has 1 saturated heterocycles. The van der Waals surface area contributed by atoms with Crippen molar-refractivity contribution < 1.29 is 14.4 Å². The number of allylic oxidation sites excluding steroid dienone is 2. The Kier molecular flexibility index (Phi) is 3.07. The minimum Gasteiger partial charge on any atom is -0.325 e. The van der Waals surface area contributed by atoms with Crippen LogP contribution in [0.4, 0.5) is 5.69 Å². The van der Waals surface area contributed by atoms with E-state index in [9.17, 15) is 14.4 Å². The minimum atomic E-state index is -0.293. The summed E-state index contributed by atoms with van der Waals surface area (Å²) in [6, 6.07) is 5.99. The average molecular weight is 362 g/mol. The molecule has 1 aromatic carbocycles. The number of nitrogens with zero attached hydrogens (tertiary/aromatic N) is 1. The molecule has 2 bridgehead atoms. The van der Waals surface area contributed by atoms with Crippen molar-refractivity contribution in [2.45, 2.75) is 25.7 Å². The fraction of sp³-hybridized carbons (Fsp3) is 0.500. The number of carbonyl (C=O) groups excluding carboxylic acids is 3. The number of aryl methyl sites for hydroxylation is 2. The van der Waals surface area contributed by atoms with Gasteiger partial charge < -0.3 is 5.32 Å². The summed E-state index contributed by atoms with van der Waals surface area (Å²) in [7, 11) is 0. The van der Waals surface area contributed by atoms with Crippen LogP contribution in [0, 0.1) is 35.5 Å². The van der Waals surface area contributed by atoms with E-state index >= 15 is 0 Å². The van der Waals surface area contributed by atoms with Crippen molar-refractivity contribution in [3.8, 4) is 0 Å². The summed E-state index contributed by atoms with van der Waals surface area (Å²) in [6.07, 6.45) is 8.75. The molecule has 6 atom stereocenters. The molecule has 1 N–H and O–H groups in total. The monoisotopic (exact) mass is 362 g/mol. The lowest BCUT2D eigenvalue weighted by molar-refractivity contribution is -0.142. The summed E-state index contributed by atoms with van der Waals surface area (Å²) in [5.41, 5.74) is 3.39. The number of hydrogen-bond acceptors (Lipinski definition) is 3. The van der Waals surface area contributed by atoms with E-state index in [4.69, 9.17) is 0 Å². The zero-order valence-electron chi connectivity index (χ0n) is 15.1. The van der Waals surface area contributed by atoms with Gasteiger partial charge in [0.15, 0.2) is 0 Å². The van der Waals surface area contributed by atoms with E-state index in [-0.39, 0.29) is 47.9 Å². The number of imide groups is 1. The maximum Gasteiger partial charge on any atom is 0.244 e. The summed E-state index contributed by atoms with van der Waals surface area (Å²) < 4.78 is 0. The highest BCUT2D eigenvalue weighted by atomic mass is 16.2. The first-order valence-electron chi connectivity index (χ1n) is 10.1. The second kappa shape index (κ2) is 5.31. The normalized spacial score (nSPS) is 37.3. The number of rotatable bonds is 3. The maximum absolute atomic E-state index is 12.9. The number of amides is 3. The molecule has 2 saturated carbocycles. The van der Waals surface area contributed by atoms with Gasteiger partial charge in [-0.05, 0) is 72.6 Å². The molecule has 1 aromatic rings. The van der Waals surface area contributed by atoms with Crippen molar-refractivity contribution in [3.05, 3.63) is 41.5 Å². The smallest absolute Gasteiger partial charge is 0.244 e. The van der Waals surface area contributed by atoms with E-state index in [0.29, 0.717) is 11.8 Å². The standard InChI is InChI=1S/C22H22N2O3/c25-18(23-13-5-4-11-2-1-3-12(11)8-13)10-24-21(26)19-14-6-7-15(17-9-16(14)17)20(19)22(24)27/h4-8,14-17,19-20H,1-3,9-10H2,(H,23,25)/t14-,15-,16-,17+,19-,20+/m0/s1. The lowest BCUT2D eigenvalue weighted by Crippen LogP contribution is -2.40. The number of nitrogens with one attached hydrogen (secondary N) is 1. The van der Waals surface area contributed by atoms with Crippen LogP contribution in [-0.4, -0.2) is 29.2 Å². The molecule has 0 unspecified atom stereocenters. The highest BCUT2D eigenvalue weighted by molar-refractivity contribution is 6.09. The van der Waals surface area contributed by atoms with Crippen molar-refractivity contribution in [3.63, 3.8) is 0 Å². The summed E-state index contributed by atoms with van der Waals surface area (Å²) in [6.45, 7) is -0.170. The molecular weight excluding hydrogens is 340 g/mol. The van der Waals surface area contributed by atoms with Crippen LogP contribution in [0.1, 0.15) is 24.0 Å². The molecule has 7 rings (SSSR count). The molecule has 138 valence electrons.